The van der Waals surface area contributed by atoms with Crippen LogP contribution in [0.3, 0.4) is 0 Å². The number of rotatable bonds is 2. The molecule has 2 aliphatic rings. The van der Waals surface area contributed by atoms with Crippen LogP contribution in [-0.4, -0.2) is 29.7 Å². The molecule has 0 spiro atoms. The van der Waals surface area contributed by atoms with Crippen molar-refractivity contribution in [2.45, 2.75) is 25.8 Å². The Morgan fingerprint density at radius 3 is 2.44 bits per heavy atom. The van der Waals surface area contributed by atoms with Gasteiger partial charge in [0.1, 0.15) is 5.92 Å². The van der Waals surface area contributed by atoms with Gasteiger partial charge < -0.3 is 5.41 Å². The zero-order valence-electron chi connectivity index (χ0n) is 15.3. The number of nitrogens with one attached hydrogen (secondary N) is 1. The van der Waals surface area contributed by atoms with E-state index in [1.807, 2.05) is 18.2 Å². The quantitative estimate of drug-likeness (QED) is 0.790. The first-order chi connectivity index (χ1) is 12.9. The predicted molar refractivity (Wildman–Crippen MR) is 103 cm³/mol. The molecule has 27 heavy (non-hydrogen) atoms. The van der Waals surface area contributed by atoms with Gasteiger partial charge in [0.25, 0.3) is 0 Å². The van der Waals surface area contributed by atoms with Gasteiger partial charge in [0, 0.05) is 36.0 Å². The second kappa shape index (κ2) is 7.16. The normalized spacial score (nSPS) is 27.1. The zero-order valence-corrected chi connectivity index (χ0v) is 16.0. The van der Waals surface area contributed by atoms with Crippen molar-refractivity contribution in [3.8, 4) is 18.2 Å². The molecule has 1 heterocycles. The lowest BCUT2D eigenvalue weighted by atomic mass is 9.54. The van der Waals surface area contributed by atoms with Gasteiger partial charge in [-0.15, -0.1) is 0 Å². The van der Waals surface area contributed by atoms with Crippen molar-refractivity contribution >= 4 is 17.3 Å². The monoisotopic (exact) mass is 377 g/mol. The number of nitrogens with zero attached hydrogens (tertiary/aromatic N) is 4. The van der Waals surface area contributed by atoms with Crippen LogP contribution in [0.15, 0.2) is 35.9 Å². The highest BCUT2D eigenvalue weighted by Gasteiger charge is 2.58. The third-order valence-electron chi connectivity index (χ3n) is 5.79. The number of halogens is 1. The molecule has 3 rings (SSSR count). The first-order valence-electron chi connectivity index (χ1n) is 8.90. The molecule has 0 radical (unpaired) electrons. The van der Waals surface area contributed by atoms with Crippen LogP contribution >= 0.6 is 11.6 Å². The Morgan fingerprint density at radius 1 is 1.22 bits per heavy atom. The van der Waals surface area contributed by atoms with Crippen molar-refractivity contribution in [1.29, 1.82) is 21.2 Å². The predicted octanol–water partition coefficient (Wildman–Crippen LogP) is 3.90. The smallest absolute Gasteiger partial charge is 0.189 e. The van der Waals surface area contributed by atoms with Crippen LogP contribution < -0.4 is 0 Å². The molecule has 1 N–H and O–H groups in total. The Morgan fingerprint density at radius 2 is 1.89 bits per heavy atom. The molecule has 1 aromatic rings. The molecular formula is C21H20ClN5. The number of hydrogen-bond donors (Lipinski definition) is 1. The molecule has 0 bridgehead atoms. The van der Waals surface area contributed by atoms with Gasteiger partial charge in [-0.3, -0.25) is 4.90 Å². The first-order valence-corrected chi connectivity index (χ1v) is 9.28. The minimum atomic E-state index is -1.71. The van der Waals surface area contributed by atoms with Crippen LogP contribution in [-0.2, 0) is 0 Å². The summed E-state index contributed by atoms with van der Waals surface area (Å²) in [6.45, 7) is 5.50. The van der Waals surface area contributed by atoms with E-state index in [2.05, 4.69) is 37.0 Å². The molecule has 0 aromatic heterocycles. The molecule has 1 unspecified atom stereocenters. The molecular weight excluding hydrogens is 358 g/mol. The Bertz CT molecular complexity index is 913. The van der Waals surface area contributed by atoms with Gasteiger partial charge in [-0.1, -0.05) is 35.9 Å². The van der Waals surface area contributed by atoms with E-state index < -0.39 is 17.3 Å². The largest absolute Gasteiger partial charge is 0.305 e. The lowest BCUT2D eigenvalue weighted by Crippen LogP contribution is -2.53. The maximum Gasteiger partial charge on any atom is 0.189 e. The maximum atomic E-state index is 10.0. The fourth-order valence-electron chi connectivity index (χ4n) is 4.32. The summed E-state index contributed by atoms with van der Waals surface area (Å²) < 4.78 is 0. The minimum Gasteiger partial charge on any atom is -0.305 e. The summed E-state index contributed by atoms with van der Waals surface area (Å²) >= 11 is 6.46. The van der Waals surface area contributed by atoms with Crippen molar-refractivity contribution in [2.75, 3.05) is 13.1 Å². The molecule has 1 fully saturated rings. The van der Waals surface area contributed by atoms with Gasteiger partial charge in [0.2, 0.25) is 0 Å². The zero-order chi connectivity index (χ0) is 19.8. The van der Waals surface area contributed by atoms with E-state index in [0.717, 1.165) is 5.57 Å². The highest BCUT2D eigenvalue weighted by atomic mass is 35.5. The summed E-state index contributed by atoms with van der Waals surface area (Å²) in [7, 11) is 0. The highest BCUT2D eigenvalue weighted by molar-refractivity contribution is 6.31. The minimum absolute atomic E-state index is 0.139. The fourth-order valence-corrected chi connectivity index (χ4v) is 4.58. The van der Waals surface area contributed by atoms with Gasteiger partial charge in [-0.25, -0.2) is 0 Å². The van der Waals surface area contributed by atoms with Crippen LogP contribution in [0, 0.1) is 56.7 Å². The van der Waals surface area contributed by atoms with E-state index in [9.17, 15) is 15.8 Å². The second-order valence-corrected chi connectivity index (χ2v) is 7.77. The summed E-state index contributed by atoms with van der Waals surface area (Å²) in [4.78, 5) is 2.25. The Kier molecular flexibility index (Phi) is 5.07. The fraction of sp³-hybridized carbons (Fsp3) is 0.429. The third kappa shape index (κ3) is 2.83. The third-order valence-corrected chi connectivity index (χ3v) is 6.13. The SMILES string of the molecule is CC(C)N1CC=C2C(C#N)C(=N)C(C#N)(C#N)[C@H](c3ccccc3Cl)[C@H]2C1. The van der Waals surface area contributed by atoms with E-state index in [0.29, 0.717) is 23.7 Å². The Balaban J connectivity index is 2.27. The number of hydrogen-bond acceptors (Lipinski definition) is 5. The topological polar surface area (TPSA) is 98.5 Å². The first kappa shape index (κ1) is 19.1. The summed E-state index contributed by atoms with van der Waals surface area (Å²) in [5.74, 6) is -1.66. The lowest BCUT2D eigenvalue weighted by molar-refractivity contribution is 0.171. The highest BCUT2D eigenvalue weighted by Crippen LogP contribution is 2.54. The molecule has 3 atom stereocenters. The molecule has 1 aliphatic carbocycles. The number of benzene rings is 1. The van der Waals surface area contributed by atoms with E-state index in [1.54, 1.807) is 12.1 Å². The van der Waals surface area contributed by atoms with E-state index in [-0.39, 0.29) is 17.7 Å². The van der Waals surface area contributed by atoms with E-state index in [1.165, 1.54) is 0 Å². The van der Waals surface area contributed by atoms with Crippen LogP contribution in [0.2, 0.25) is 5.02 Å². The van der Waals surface area contributed by atoms with Crippen LogP contribution in [0.5, 0.6) is 0 Å². The number of fused-ring (bicyclic) bond motifs is 1. The molecule has 0 saturated heterocycles. The molecule has 6 heteroatoms. The summed E-state index contributed by atoms with van der Waals surface area (Å²) in [6, 6.07) is 13.8. The van der Waals surface area contributed by atoms with Crippen LogP contribution in [0.1, 0.15) is 25.3 Å². The molecule has 1 saturated carbocycles. The summed E-state index contributed by atoms with van der Waals surface area (Å²) in [6.07, 6.45) is 2.00. The molecule has 136 valence electrons. The molecule has 0 amide bonds. The maximum absolute atomic E-state index is 10.0. The summed E-state index contributed by atoms with van der Waals surface area (Å²) in [5, 5.41) is 38.8. The van der Waals surface area contributed by atoms with Gasteiger partial charge in [-0.2, -0.15) is 15.8 Å². The van der Waals surface area contributed by atoms with E-state index >= 15 is 0 Å². The standard InChI is InChI=1S/C21H20ClN5/c1-13(2)27-8-7-14-16(9-23)20(26)21(11-24,12-25)19(17(14)10-27)15-5-3-4-6-18(15)22/h3-7,13,16-17,19,26H,8,10H2,1-2H3/t16?,17-,19+/m0/s1. The Hall–Kier alpha value is -2.65. The van der Waals surface area contributed by atoms with Crippen LogP contribution in [0.4, 0.5) is 0 Å². The second-order valence-electron chi connectivity index (χ2n) is 7.36. The number of nitriles is 3. The van der Waals surface area contributed by atoms with Crippen molar-refractivity contribution in [3.05, 3.63) is 46.5 Å². The van der Waals surface area contributed by atoms with Gasteiger partial charge in [0.15, 0.2) is 5.41 Å². The van der Waals surface area contributed by atoms with Crippen molar-refractivity contribution < 1.29 is 0 Å². The molecule has 1 aromatic carbocycles. The van der Waals surface area contributed by atoms with Gasteiger partial charge >= 0.3 is 0 Å². The van der Waals surface area contributed by atoms with Crippen molar-refractivity contribution in [2.24, 2.45) is 17.3 Å². The molecule has 1 aliphatic heterocycles. The molecule has 5 nitrogen and oxygen atoms in total. The van der Waals surface area contributed by atoms with Crippen molar-refractivity contribution in [3.63, 3.8) is 0 Å². The van der Waals surface area contributed by atoms with E-state index in [4.69, 9.17) is 17.0 Å². The average Bonchev–Trinajstić information content (AvgIpc) is 2.67. The summed E-state index contributed by atoms with van der Waals surface area (Å²) in [5.41, 5.74) is -0.330. The van der Waals surface area contributed by atoms with Crippen molar-refractivity contribution in [1.82, 2.24) is 4.90 Å². The van der Waals surface area contributed by atoms with Gasteiger partial charge in [0.05, 0.1) is 23.9 Å². The average molecular weight is 378 g/mol. The van der Waals surface area contributed by atoms with Gasteiger partial charge in [-0.05, 0) is 31.1 Å². The van der Waals surface area contributed by atoms with Crippen LogP contribution in [0.25, 0.3) is 0 Å². The Labute approximate surface area is 164 Å². The lowest BCUT2D eigenvalue weighted by Gasteiger charge is -2.48.